The Bertz CT molecular complexity index is 1440. The lowest BCUT2D eigenvalue weighted by atomic mass is 10.1. The number of hydrogen-bond acceptors (Lipinski definition) is 9. The summed E-state index contributed by atoms with van der Waals surface area (Å²) in [6.45, 7) is 0.227. The number of anilines is 3. The predicted octanol–water partition coefficient (Wildman–Crippen LogP) is 4.79. The highest BCUT2D eigenvalue weighted by Crippen LogP contribution is 2.37. The topological polar surface area (TPSA) is 105 Å². The standard InChI is InChI=1S/C22H17F6N9/c1-29-7-8-37(2)17-9-13(22(26,27)28)18(36-35-17)15-11-32-19-14(5-6-30-20(19)34-15)33-16-4-3-12(10-31-16)21(23,24)25/h3-7,9-11H,8H2,1-2H3,(H,30,31,33,34). The molecule has 0 unspecified atom stereocenters. The molecule has 0 aromatic carbocycles. The van der Waals surface area contributed by atoms with Crippen LogP contribution in [0.2, 0.25) is 0 Å². The second kappa shape index (κ2) is 9.91. The molecule has 0 aliphatic rings. The second-order valence-corrected chi connectivity index (χ2v) is 7.62. The predicted molar refractivity (Wildman–Crippen MR) is 124 cm³/mol. The zero-order chi connectivity index (χ0) is 26.8. The van der Waals surface area contributed by atoms with Crippen molar-refractivity contribution < 1.29 is 26.3 Å². The summed E-state index contributed by atoms with van der Waals surface area (Å²) >= 11 is 0. The third-order valence-corrected chi connectivity index (χ3v) is 5.06. The summed E-state index contributed by atoms with van der Waals surface area (Å²) in [7, 11) is 3.09. The van der Waals surface area contributed by atoms with Crippen LogP contribution in [0.4, 0.5) is 43.7 Å². The number of aliphatic imine (C=N–C) groups is 1. The number of hydrogen-bond donors (Lipinski definition) is 1. The molecule has 192 valence electrons. The van der Waals surface area contributed by atoms with Crippen molar-refractivity contribution in [1.29, 1.82) is 0 Å². The Morgan fingerprint density at radius 2 is 1.76 bits per heavy atom. The Morgan fingerprint density at radius 1 is 0.973 bits per heavy atom. The van der Waals surface area contributed by atoms with Gasteiger partial charge in [0.25, 0.3) is 0 Å². The first kappa shape index (κ1) is 25.7. The molecule has 0 aliphatic carbocycles. The molecular formula is C22H17F6N9. The summed E-state index contributed by atoms with van der Waals surface area (Å²) in [5, 5.41) is 10.5. The van der Waals surface area contributed by atoms with Crippen LogP contribution < -0.4 is 10.2 Å². The van der Waals surface area contributed by atoms with E-state index in [2.05, 4.69) is 40.4 Å². The number of alkyl halides is 6. The molecule has 4 rings (SSSR count). The normalized spacial score (nSPS) is 12.3. The van der Waals surface area contributed by atoms with E-state index in [-0.39, 0.29) is 40.7 Å². The fourth-order valence-electron chi connectivity index (χ4n) is 3.18. The lowest BCUT2D eigenvalue weighted by Crippen LogP contribution is -2.22. The maximum atomic E-state index is 13.9. The highest BCUT2D eigenvalue weighted by Gasteiger charge is 2.36. The van der Waals surface area contributed by atoms with Crippen molar-refractivity contribution in [3.63, 3.8) is 0 Å². The Hall–Kier alpha value is -4.43. The second-order valence-electron chi connectivity index (χ2n) is 7.62. The van der Waals surface area contributed by atoms with E-state index in [1.807, 2.05) is 0 Å². The molecule has 0 fully saturated rings. The first-order chi connectivity index (χ1) is 17.5. The zero-order valence-corrected chi connectivity index (χ0v) is 19.2. The van der Waals surface area contributed by atoms with Crippen molar-refractivity contribution in [2.75, 3.05) is 30.9 Å². The van der Waals surface area contributed by atoms with Crippen LogP contribution in [0.15, 0.2) is 47.8 Å². The number of nitrogens with one attached hydrogen (secondary N) is 1. The maximum Gasteiger partial charge on any atom is 0.418 e. The van der Waals surface area contributed by atoms with E-state index >= 15 is 0 Å². The quantitative estimate of drug-likeness (QED) is 0.285. The van der Waals surface area contributed by atoms with Crippen LogP contribution in [0, 0.1) is 0 Å². The molecule has 37 heavy (non-hydrogen) atoms. The van der Waals surface area contributed by atoms with E-state index in [1.54, 1.807) is 7.05 Å². The van der Waals surface area contributed by atoms with Gasteiger partial charge in [-0.1, -0.05) is 0 Å². The van der Waals surface area contributed by atoms with Gasteiger partial charge in [-0.3, -0.25) is 4.99 Å². The molecule has 0 radical (unpaired) electrons. The maximum absolute atomic E-state index is 13.9. The largest absolute Gasteiger partial charge is 0.418 e. The molecular weight excluding hydrogens is 504 g/mol. The fourth-order valence-corrected chi connectivity index (χ4v) is 3.18. The average Bonchev–Trinajstić information content (AvgIpc) is 2.86. The smallest absolute Gasteiger partial charge is 0.353 e. The molecule has 0 spiro atoms. The fraction of sp³-hybridized carbons (Fsp3) is 0.227. The molecule has 4 aromatic rings. The minimum atomic E-state index is -4.76. The van der Waals surface area contributed by atoms with Crippen molar-refractivity contribution in [2.24, 2.45) is 4.99 Å². The number of aromatic nitrogens is 6. The van der Waals surface area contributed by atoms with Gasteiger partial charge in [0.1, 0.15) is 22.7 Å². The Balaban J connectivity index is 1.69. The Morgan fingerprint density at radius 3 is 2.41 bits per heavy atom. The van der Waals surface area contributed by atoms with Crippen LogP contribution in [-0.2, 0) is 12.4 Å². The number of fused-ring (bicyclic) bond motifs is 1. The summed E-state index contributed by atoms with van der Waals surface area (Å²) in [6, 6.07) is 4.32. The Labute approximate surface area is 205 Å². The third kappa shape index (κ3) is 5.70. The van der Waals surface area contributed by atoms with Crippen molar-refractivity contribution >= 4 is 34.7 Å². The van der Waals surface area contributed by atoms with Crippen LogP contribution in [-0.4, -0.2) is 57.0 Å². The lowest BCUT2D eigenvalue weighted by Gasteiger charge is -2.18. The van der Waals surface area contributed by atoms with Crippen molar-refractivity contribution in [3.05, 3.63) is 54.0 Å². The third-order valence-electron chi connectivity index (χ3n) is 5.06. The molecule has 0 atom stereocenters. The van der Waals surface area contributed by atoms with Gasteiger partial charge in [0.15, 0.2) is 11.5 Å². The van der Waals surface area contributed by atoms with Gasteiger partial charge in [-0.15, -0.1) is 10.2 Å². The van der Waals surface area contributed by atoms with Crippen molar-refractivity contribution in [2.45, 2.75) is 12.4 Å². The van der Waals surface area contributed by atoms with Gasteiger partial charge in [0, 0.05) is 32.7 Å². The van der Waals surface area contributed by atoms with E-state index in [1.165, 1.54) is 30.4 Å². The van der Waals surface area contributed by atoms with Gasteiger partial charge in [0.2, 0.25) is 0 Å². The van der Waals surface area contributed by atoms with Gasteiger partial charge in [-0.05, 0) is 24.3 Å². The molecule has 0 aliphatic heterocycles. The van der Waals surface area contributed by atoms with Crippen LogP contribution in [0.5, 0.6) is 0 Å². The van der Waals surface area contributed by atoms with Gasteiger partial charge >= 0.3 is 12.4 Å². The monoisotopic (exact) mass is 521 g/mol. The van der Waals surface area contributed by atoms with Gasteiger partial charge in [-0.2, -0.15) is 26.3 Å². The lowest BCUT2D eigenvalue weighted by molar-refractivity contribution is -0.138. The van der Waals surface area contributed by atoms with Crippen molar-refractivity contribution in [1.82, 2.24) is 30.1 Å². The van der Waals surface area contributed by atoms with Gasteiger partial charge in [-0.25, -0.2) is 19.9 Å². The van der Waals surface area contributed by atoms with E-state index in [0.29, 0.717) is 6.20 Å². The molecule has 4 heterocycles. The van der Waals surface area contributed by atoms with Crippen LogP contribution in [0.25, 0.3) is 22.6 Å². The molecule has 9 nitrogen and oxygen atoms in total. The molecule has 4 aromatic heterocycles. The Kier molecular flexibility index (Phi) is 6.87. The van der Waals surface area contributed by atoms with E-state index in [4.69, 9.17) is 0 Å². The van der Waals surface area contributed by atoms with E-state index < -0.39 is 29.2 Å². The van der Waals surface area contributed by atoms with E-state index in [0.717, 1.165) is 24.4 Å². The number of pyridine rings is 2. The molecule has 0 saturated heterocycles. The van der Waals surface area contributed by atoms with Crippen LogP contribution >= 0.6 is 0 Å². The molecule has 0 saturated carbocycles. The highest BCUT2D eigenvalue weighted by atomic mass is 19.4. The molecule has 0 bridgehead atoms. The minimum absolute atomic E-state index is 0.0154. The summed E-state index contributed by atoms with van der Waals surface area (Å²) in [4.78, 5) is 21.4. The number of rotatable bonds is 6. The zero-order valence-electron chi connectivity index (χ0n) is 19.2. The first-order valence-electron chi connectivity index (χ1n) is 10.5. The van der Waals surface area contributed by atoms with Crippen LogP contribution in [0.1, 0.15) is 11.1 Å². The summed E-state index contributed by atoms with van der Waals surface area (Å²) in [5.41, 5.74) is -2.31. The minimum Gasteiger partial charge on any atom is -0.353 e. The number of nitrogens with zero attached hydrogens (tertiary/aromatic N) is 8. The summed E-state index contributed by atoms with van der Waals surface area (Å²) < 4.78 is 80.0. The summed E-state index contributed by atoms with van der Waals surface area (Å²) in [5.74, 6) is 0.0720. The van der Waals surface area contributed by atoms with Crippen LogP contribution in [0.3, 0.4) is 0 Å². The molecule has 15 heteroatoms. The van der Waals surface area contributed by atoms with Crippen molar-refractivity contribution in [3.8, 4) is 11.4 Å². The van der Waals surface area contributed by atoms with Gasteiger partial charge < -0.3 is 10.2 Å². The SMILES string of the molecule is CN=CCN(C)c1cc(C(F)(F)F)c(-c2cnc3c(Nc4ccc(C(F)(F)F)cn4)ccnc3n2)nn1. The first-order valence-corrected chi connectivity index (χ1v) is 10.5. The van der Waals surface area contributed by atoms with E-state index in [9.17, 15) is 26.3 Å². The highest BCUT2D eigenvalue weighted by molar-refractivity contribution is 5.87. The number of halogens is 6. The van der Waals surface area contributed by atoms with Gasteiger partial charge in [0.05, 0.1) is 29.6 Å². The molecule has 0 amide bonds. The molecule has 1 N–H and O–H groups in total. The average molecular weight is 521 g/mol. The summed E-state index contributed by atoms with van der Waals surface area (Å²) in [6.07, 6.45) is -4.72.